The summed E-state index contributed by atoms with van der Waals surface area (Å²) in [6.07, 6.45) is 2.90. The predicted molar refractivity (Wildman–Crippen MR) is 59.9 cm³/mol. The van der Waals surface area contributed by atoms with Gasteiger partial charge in [0, 0.05) is 17.4 Å². The van der Waals surface area contributed by atoms with Crippen LogP contribution in [0.3, 0.4) is 0 Å². The highest BCUT2D eigenvalue weighted by Crippen LogP contribution is 2.37. The number of benzene rings is 1. The number of anilines is 1. The number of fused-ring (bicyclic) bond motifs is 2. The third-order valence-corrected chi connectivity index (χ3v) is 3.32. The zero-order valence-electron chi connectivity index (χ0n) is 7.79. The Kier molecular flexibility index (Phi) is 2.03. The van der Waals surface area contributed by atoms with Gasteiger partial charge in [-0.1, -0.05) is 28.1 Å². The van der Waals surface area contributed by atoms with Crippen molar-refractivity contribution in [3.8, 4) is 0 Å². The van der Waals surface area contributed by atoms with Crippen LogP contribution in [-0.2, 0) is 17.6 Å². The standard InChI is InChI=1S/C11H12BrNO/c12-5-4-7-2-1-3-9-8(7)6-10-11(13-9)14-10/h1-3,10-11,13H,4-6H2. The molecule has 0 bridgehead atoms. The van der Waals surface area contributed by atoms with Gasteiger partial charge in [-0.2, -0.15) is 0 Å². The molecule has 2 atom stereocenters. The van der Waals surface area contributed by atoms with Gasteiger partial charge in [0.25, 0.3) is 0 Å². The predicted octanol–water partition coefficient (Wildman–Crippen LogP) is 2.32. The summed E-state index contributed by atoms with van der Waals surface area (Å²) in [5.41, 5.74) is 4.16. The first kappa shape index (κ1) is 8.74. The molecule has 1 fully saturated rings. The van der Waals surface area contributed by atoms with E-state index in [1.807, 2.05) is 0 Å². The molecule has 2 heterocycles. The van der Waals surface area contributed by atoms with Gasteiger partial charge in [0.2, 0.25) is 0 Å². The first-order valence-corrected chi connectivity index (χ1v) is 6.09. The second kappa shape index (κ2) is 3.24. The number of halogens is 1. The molecule has 14 heavy (non-hydrogen) atoms. The Bertz CT molecular complexity index is 366. The van der Waals surface area contributed by atoms with Crippen LogP contribution in [0.2, 0.25) is 0 Å². The van der Waals surface area contributed by atoms with Crippen LogP contribution >= 0.6 is 15.9 Å². The van der Waals surface area contributed by atoms with E-state index in [4.69, 9.17) is 4.74 Å². The molecule has 0 aromatic heterocycles. The summed E-state index contributed by atoms with van der Waals surface area (Å²) < 4.78 is 5.47. The smallest absolute Gasteiger partial charge is 0.155 e. The molecular formula is C11H12BrNO. The highest BCUT2D eigenvalue weighted by atomic mass is 79.9. The molecule has 0 amide bonds. The maximum absolute atomic E-state index is 5.47. The highest BCUT2D eigenvalue weighted by molar-refractivity contribution is 9.09. The van der Waals surface area contributed by atoms with Gasteiger partial charge in [-0.05, 0) is 23.6 Å². The van der Waals surface area contributed by atoms with E-state index < -0.39 is 0 Å². The van der Waals surface area contributed by atoms with Crippen LogP contribution in [-0.4, -0.2) is 17.7 Å². The summed E-state index contributed by atoms with van der Waals surface area (Å²) in [4.78, 5) is 0. The van der Waals surface area contributed by atoms with Crippen LogP contribution in [0.25, 0.3) is 0 Å². The van der Waals surface area contributed by atoms with E-state index in [0.717, 1.165) is 18.2 Å². The molecule has 1 N–H and O–H groups in total. The maximum Gasteiger partial charge on any atom is 0.155 e. The van der Waals surface area contributed by atoms with Gasteiger partial charge in [-0.25, -0.2) is 0 Å². The van der Waals surface area contributed by atoms with Crippen molar-refractivity contribution in [3.63, 3.8) is 0 Å². The number of hydrogen-bond donors (Lipinski definition) is 1. The summed E-state index contributed by atoms with van der Waals surface area (Å²) in [6, 6.07) is 6.47. The Balaban J connectivity index is 1.98. The number of epoxide rings is 1. The molecule has 0 spiro atoms. The van der Waals surface area contributed by atoms with Crippen molar-refractivity contribution in [2.75, 3.05) is 10.6 Å². The van der Waals surface area contributed by atoms with Crippen LogP contribution in [0.5, 0.6) is 0 Å². The number of aryl methyl sites for hydroxylation is 1. The Labute approximate surface area is 91.8 Å². The lowest BCUT2D eigenvalue weighted by molar-refractivity contribution is 0.385. The van der Waals surface area contributed by atoms with Gasteiger partial charge in [0.15, 0.2) is 6.23 Å². The minimum Gasteiger partial charge on any atom is -0.358 e. The number of nitrogens with one attached hydrogen (secondary N) is 1. The summed E-state index contributed by atoms with van der Waals surface area (Å²) in [5, 5.41) is 4.42. The molecule has 3 rings (SSSR count). The summed E-state index contributed by atoms with van der Waals surface area (Å²) in [7, 11) is 0. The SMILES string of the molecule is BrCCc1cccc2c1CC1OC1N2. The van der Waals surface area contributed by atoms with Crippen molar-refractivity contribution in [3.05, 3.63) is 29.3 Å². The molecule has 2 nitrogen and oxygen atoms in total. The van der Waals surface area contributed by atoms with Crippen molar-refractivity contribution in [2.45, 2.75) is 25.2 Å². The Morgan fingerprint density at radius 2 is 2.43 bits per heavy atom. The molecule has 1 saturated heterocycles. The van der Waals surface area contributed by atoms with Gasteiger partial charge < -0.3 is 10.1 Å². The minimum absolute atomic E-state index is 0.293. The summed E-state index contributed by atoms with van der Waals surface area (Å²) in [6.45, 7) is 0. The van der Waals surface area contributed by atoms with Gasteiger partial charge in [-0.3, -0.25) is 0 Å². The third kappa shape index (κ3) is 1.35. The molecular weight excluding hydrogens is 242 g/mol. The highest BCUT2D eigenvalue weighted by Gasteiger charge is 2.43. The Morgan fingerprint density at radius 3 is 3.29 bits per heavy atom. The molecule has 3 heteroatoms. The Morgan fingerprint density at radius 1 is 1.50 bits per heavy atom. The van der Waals surface area contributed by atoms with Crippen LogP contribution in [0.1, 0.15) is 11.1 Å². The minimum atomic E-state index is 0.293. The first-order chi connectivity index (χ1) is 6.88. The van der Waals surface area contributed by atoms with Crippen LogP contribution < -0.4 is 5.32 Å². The van der Waals surface area contributed by atoms with Gasteiger partial charge in [0.1, 0.15) is 6.10 Å². The summed E-state index contributed by atoms with van der Waals surface area (Å²) in [5.74, 6) is 0. The molecule has 1 aromatic rings. The van der Waals surface area contributed by atoms with Crippen LogP contribution in [0.15, 0.2) is 18.2 Å². The van der Waals surface area contributed by atoms with Crippen molar-refractivity contribution >= 4 is 21.6 Å². The second-order valence-corrected chi connectivity index (χ2v) is 4.62. The average molecular weight is 254 g/mol. The topological polar surface area (TPSA) is 24.6 Å². The van der Waals surface area contributed by atoms with Gasteiger partial charge >= 0.3 is 0 Å². The Hall–Kier alpha value is -0.540. The normalized spacial score (nSPS) is 27.5. The van der Waals surface area contributed by atoms with E-state index >= 15 is 0 Å². The van der Waals surface area contributed by atoms with Crippen LogP contribution in [0.4, 0.5) is 5.69 Å². The molecule has 0 radical (unpaired) electrons. The third-order valence-electron chi connectivity index (χ3n) is 2.92. The fourth-order valence-electron chi connectivity index (χ4n) is 2.13. The molecule has 2 unspecified atom stereocenters. The zero-order valence-corrected chi connectivity index (χ0v) is 9.38. The first-order valence-electron chi connectivity index (χ1n) is 4.97. The zero-order chi connectivity index (χ0) is 9.54. The quantitative estimate of drug-likeness (QED) is 0.647. The molecule has 0 aliphatic carbocycles. The van der Waals surface area contributed by atoms with Gasteiger partial charge in [0.05, 0.1) is 0 Å². The van der Waals surface area contributed by atoms with E-state index in [1.54, 1.807) is 0 Å². The maximum atomic E-state index is 5.47. The number of ether oxygens (including phenoxy) is 1. The van der Waals surface area contributed by atoms with Gasteiger partial charge in [-0.15, -0.1) is 0 Å². The fraction of sp³-hybridized carbons (Fsp3) is 0.455. The van der Waals surface area contributed by atoms with Crippen LogP contribution in [0, 0.1) is 0 Å². The lowest BCUT2D eigenvalue weighted by Crippen LogP contribution is -2.18. The molecule has 2 aliphatic heterocycles. The summed E-state index contributed by atoms with van der Waals surface area (Å²) >= 11 is 3.49. The molecule has 0 saturated carbocycles. The van der Waals surface area contributed by atoms with E-state index in [-0.39, 0.29) is 0 Å². The van der Waals surface area contributed by atoms with Crippen molar-refractivity contribution in [1.29, 1.82) is 0 Å². The number of rotatable bonds is 2. The van der Waals surface area contributed by atoms with E-state index in [9.17, 15) is 0 Å². The van der Waals surface area contributed by atoms with E-state index in [0.29, 0.717) is 12.3 Å². The van der Waals surface area contributed by atoms with Crippen molar-refractivity contribution in [1.82, 2.24) is 0 Å². The second-order valence-electron chi connectivity index (χ2n) is 3.83. The molecule has 2 aliphatic rings. The lowest BCUT2D eigenvalue weighted by Gasteiger charge is -2.17. The largest absolute Gasteiger partial charge is 0.358 e. The van der Waals surface area contributed by atoms with Crippen molar-refractivity contribution < 1.29 is 4.74 Å². The number of hydrogen-bond acceptors (Lipinski definition) is 2. The molecule has 1 aromatic carbocycles. The van der Waals surface area contributed by atoms with Crippen molar-refractivity contribution in [2.24, 2.45) is 0 Å². The lowest BCUT2D eigenvalue weighted by atomic mass is 9.96. The molecule has 74 valence electrons. The average Bonchev–Trinajstić information content (AvgIpc) is 2.93. The van der Waals surface area contributed by atoms with E-state index in [2.05, 4.69) is 39.4 Å². The van der Waals surface area contributed by atoms with E-state index in [1.165, 1.54) is 16.8 Å². The number of alkyl halides is 1. The fourth-order valence-corrected chi connectivity index (χ4v) is 2.55. The monoisotopic (exact) mass is 253 g/mol.